The SMILES string of the molecule is CCCC1(N)CN(CCC(=O)NC)C1. The summed E-state index contributed by atoms with van der Waals surface area (Å²) in [5, 5.41) is 2.62. The van der Waals surface area contributed by atoms with E-state index in [0.29, 0.717) is 6.42 Å². The Hall–Kier alpha value is -0.610. The quantitative estimate of drug-likeness (QED) is 0.652. The lowest BCUT2D eigenvalue weighted by atomic mass is 9.86. The van der Waals surface area contributed by atoms with Gasteiger partial charge < -0.3 is 11.1 Å². The van der Waals surface area contributed by atoms with E-state index in [-0.39, 0.29) is 11.4 Å². The molecular weight excluding hydrogens is 178 g/mol. The van der Waals surface area contributed by atoms with Crippen molar-refractivity contribution >= 4 is 5.91 Å². The molecule has 82 valence electrons. The van der Waals surface area contributed by atoms with E-state index in [9.17, 15) is 4.79 Å². The third-order valence-corrected chi connectivity index (χ3v) is 2.76. The van der Waals surface area contributed by atoms with E-state index in [2.05, 4.69) is 17.1 Å². The van der Waals surface area contributed by atoms with Crippen LogP contribution < -0.4 is 11.1 Å². The van der Waals surface area contributed by atoms with Crippen LogP contribution in [0.2, 0.25) is 0 Å². The Labute approximate surface area is 85.8 Å². The van der Waals surface area contributed by atoms with E-state index >= 15 is 0 Å². The molecule has 0 atom stereocenters. The first-order valence-corrected chi connectivity index (χ1v) is 5.31. The molecule has 4 nitrogen and oxygen atoms in total. The van der Waals surface area contributed by atoms with Crippen LogP contribution in [0.3, 0.4) is 0 Å². The van der Waals surface area contributed by atoms with Crippen LogP contribution in [0.5, 0.6) is 0 Å². The zero-order valence-electron chi connectivity index (χ0n) is 9.18. The molecule has 14 heavy (non-hydrogen) atoms. The number of nitrogens with one attached hydrogen (secondary N) is 1. The van der Waals surface area contributed by atoms with Crippen LogP contribution in [0.1, 0.15) is 26.2 Å². The van der Waals surface area contributed by atoms with E-state index in [0.717, 1.165) is 32.5 Å². The van der Waals surface area contributed by atoms with Gasteiger partial charge in [-0.25, -0.2) is 0 Å². The normalized spacial score (nSPS) is 20.2. The molecule has 0 aromatic rings. The van der Waals surface area contributed by atoms with Crippen LogP contribution in [0.4, 0.5) is 0 Å². The minimum absolute atomic E-state index is 0.0252. The number of carbonyl (C=O) groups excluding carboxylic acids is 1. The van der Waals surface area contributed by atoms with Crippen LogP contribution in [-0.2, 0) is 4.79 Å². The second-order valence-corrected chi connectivity index (χ2v) is 4.25. The zero-order valence-corrected chi connectivity index (χ0v) is 9.18. The van der Waals surface area contributed by atoms with Gasteiger partial charge in [0.15, 0.2) is 0 Å². The van der Waals surface area contributed by atoms with Crippen LogP contribution >= 0.6 is 0 Å². The Morgan fingerprint density at radius 1 is 1.57 bits per heavy atom. The van der Waals surface area contributed by atoms with Crippen molar-refractivity contribution in [3.05, 3.63) is 0 Å². The Morgan fingerprint density at radius 3 is 2.71 bits per heavy atom. The van der Waals surface area contributed by atoms with Gasteiger partial charge in [0.1, 0.15) is 0 Å². The van der Waals surface area contributed by atoms with Gasteiger partial charge in [-0.2, -0.15) is 0 Å². The van der Waals surface area contributed by atoms with Crippen molar-refractivity contribution in [2.75, 3.05) is 26.7 Å². The summed E-state index contributed by atoms with van der Waals surface area (Å²) in [5.41, 5.74) is 6.13. The van der Waals surface area contributed by atoms with Crippen molar-refractivity contribution in [3.8, 4) is 0 Å². The van der Waals surface area contributed by atoms with Crippen molar-refractivity contribution in [1.82, 2.24) is 10.2 Å². The second kappa shape index (κ2) is 4.75. The predicted octanol–water partition coefficient (Wildman–Crippen LogP) is -0.0643. The average Bonchev–Trinajstić information content (AvgIpc) is 2.11. The smallest absolute Gasteiger partial charge is 0.221 e. The Balaban J connectivity index is 2.12. The average molecular weight is 199 g/mol. The van der Waals surface area contributed by atoms with Crippen LogP contribution in [0.15, 0.2) is 0 Å². The van der Waals surface area contributed by atoms with Crippen molar-refractivity contribution < 1.29 is 4.79 Å². The molecule has 1 aliphatic rings. The van der Waals surface area contributed by atoms with Crippen molar-refractivity contribution in [2.45, 2.75) is 31.7 Å². The molecule has 1 aliphatic heterocycles. The van der Waals surface area contributed by atoms with Gasteiger partial charge in [-0.1, -0.05) is 13.3 Å². The Morgan fingerprint density at radius 2 is 2.21 bits per heavy atom. The first-order chi connectivity index (χ1) is 6.59. The summed E-state index contributed by atoms with van der Waals surface area (Å²) < 4.78 is 0. The van der Waals surface area contributed by atoms with Crippen LogP contribution in [-0.4, -0.2) is 43.0 Å². The van der Waals surface area contributed by atoms with Crippen molar-refractivity contribution in [2.24, 2.45) is 5.73 Å². The lowest BCUT2D eigenvalue weighted by Gasteiger charge is -2.48. The summed E-state index contributed by atoms with van der Waals surface area (Å²) in [6.45, 7) is 4.87. The van der Waals surface area contributed by atoms with Gasteiger partial charge in [0, 0.05) is 38.6 Å². The van der Waals surface area contributed by atoms with E-state index < -0.39 is 0 Å². The van der Waals surface area contributed by atoms with Crippen LogP contribution in [0, 0.1) is 0 Å². The van der Waals surface area contributed by atoms with Gasteiger partial charge in [0.2, 0.25) is 5.91 Å². The number of hydrogen-bond acceptors (Lipinski definition) is 3. The first-order valence-electron chi connectivity index (χ1n) is 5.31. The maximum Gasteiger partial charge on any atom is 0.221 e. The van der Waals surface area contributed by atoms with Crippen LogP contribution in [0.25, 0.3) is 0 Å². The van der Waals surface area contributed by atoms with E-state index in [1.54, 1.807) is 7.05 Å². The van der Waals surface area contributed by atoms with E-state index in [4.69, 9.17) is 5.73 Å². The summed E-state index contributed by atoms with van der Waals surface area (Å²) in [5.74, 6) is 0.106. The molecule has 0 bridgehead atoms. The van der Waals surface area contributed by atoms with Gasteiger partial charge >= 0.3 is 0 Å². The molecule has 0 aromatic carbocycles. The summed E-state index contributed by atoms with van der Waals surface area (Å²) >= 11 is 0. The fourth-order valence-electron chi connectivity index (χ4n) is 2.04. The molecule has 0 unspecified atom stereocenters. The number of carbonyl (C=O) groups is 1. The first kappa shape index (κ1) is 11.5. The zero-order chi connectivity index (χ0) is 10.6. The molecule has 1 rings (SSSR count). The third-order valence-electron chi connectivity index (χ3n) is 2.76. The standard InChI is InChI=1S/C10H21N3O/c1-3-5-10(11)7-13(8-10)6-4-9(14)12-2/h3-8,11H2,1-2H3,(H,12,14). The number of amides is 1. The molecule has 1 amide bonds. The molecule has 0 aromatic heterocycles. The molecule has 1 heterocycles. The summed E-state index contributed by atoms with van der Waals surface area (Å²) in [6, 6.07) is 0. The number of hydrogen-bond donors (Lipinski definition) is 2. The summed E-state index contributed by atoms with van der Waals surface area (Å²) in [6.07, 6.45) is 2.81. The predicted molar refractivity (Wildman–Crippen MR) is 57.0 cm³/mol. The molecule has 1 saturated heterocycles. The number of likely N-dealkylation sites (tertiary alicyclic amines) is 1. The van der Waals surface area contributed by atoms with Crippen molar-refractivity contribution in [3.63, 3.8) is 0 Å². The maximum absolute atomic E-state index is 11.0. The van der Waals surface area contributed by atoms with Gasteiger partial charge in [0.25, 0.3) is 0 Å². The molecule has 1 fully saturated rings. The maximum atomic E-state index is 11.0. The minimum atomic E-state index is 0.0252. The minimum Gasteiger partial charge on any atom is -0.359 e. The molecule has 3 N–H and O–H groups in total. The topological polar surface area (TPSA) is 58.4 Å². The molecular formula is C10H21N3O. The fraction of sp³-hybridized carbons (Fsp3) is 0.900. The molecule has 0 spiro atoms. The Bertz CT molecular complexity index is 200. The molecule has 4 heteroatoms. The van der Waals surface area contributed by atoms with Gasteiger partial charge in [-0.3, -0.25) is 9.69 Å². The summed E-state index contributed by atoms with van der Waals surface area (Å²) in [7, 11) is 1.67. The second-order valence-electron chi connectivity index (χ2n) is 4.25. The number of nitrogens with two attached hydrogens (primary N) is 1. The molecule has 0 saturated carbocycles. The third kappa shape index (κ3) is 2.96. The highest BCUT2D eigenvalue weighted by Gasteiger charge is 2.37. The fourth-order valence-corrected chi connectivity index (χ4v) is 2.04. The summed E-state index contributed by atoms with van der Waals surface area (Å²) in [4.78, 5) is 13.2. The molecule has 0 aliphatic carbocycles. The monoisotopic (exact) mass is 199 g/mol. The number of nitrogens with zero attached hydrogens (tertiary/aromatic N) is 1. The lowest BCUT2D eigenvalue weighted by molar-refractivity contribution is -0.121. The highest BCUT2D eigenvalue weighted by molar-refractivity contribution is 5.75. The van der Waals surface area contributed by atoms with E-state index in [1.807, 2.05) is 0 Å². The Kier molecular flexibility index (Phi) is 3.89. The van der Waals surface area contributed by atoms with Gasteiger partial charge in [-0.15, -0.1) is 0 Å². The lowest BCUT2D eigenvalue weighted by Crippen LogP contribution is -2.67. The van der Waals surface area contributed by atoms with Gasteiger partial charge in [0.05, 0.1) is 0 Å². The van der Waals surface area contributed by atoms with Crippen molar-refractivity contribution in [1.29, 1.82) is 0 Å². The molecule has 0 radical (unpaired) electrons. The largest absolute Gasteiger partial charge is 0.359 e. The highest BCUT2D eigenvalue weighted by Crippen LogP contribution is 2.22. The highest BCUT2D eigenvalue weighted by atomic mass is 16.1. The van der Waals surface area contributed by atoms with Gasteiger partial charge in [-0.05, 0) is 6.42 Å². The number of rotatable bonds is 5. The van der Waals surface area contributed by atoms with E-state index in [1.165, 1.54) is 0 Å².